The minimum absolute atomic E-state index is 0.107. The molecule has 0 N–H and O–H groups in total. The van der Waals surface area contributed by atoms with Crippen LogP contribution >= 0.6 is 11.3 Å². The number of nitrogens with zero attached hydrogens (tertiary/aromatic N) is 2. The Morgan fingerprint density at radius 3 is 1.56 bits per heavy atom. The van der Waals surface area contributed by atoms with Crippen molar-refractivity contribution in [2.45, 2.75) is 19.3 Å². The van der Waals surface area contributed by atoms with E-state index >= 15 is 0 Å². The molecule has 12 aromatic rings. The van der Waals surface area contributed by atoms with Crippen molar-refractivity contribution in [2.75, 3.05) is 4.90 Å². The molecule has 0 saturated carbocycles. The van der Waals surface area contributed by atoms with Crippen LogP contribution in [0.4, 0.5) is 17.1 Å². The third kappa shape index (κ3) is 6.15. The lowest BCUT2D eigenvalue weighted by atomic mass is 9.82. The summed E-state index contributed by atoms with van der Waals surface area (Å²) in [4.78, 5) is 2.41. The Hall–Kier alpha value is -7.98. The maximum atomic E-state index is 2.42. The second-order valence-corrected chi connectivity index (χ2v) is 19.2. The van der Waals surface area contributed by atoms with Crippen LogP contribution in [0.5, 0.6) is 0 Å². The Balaban J connectivity index is 0.916. The van der Waals surface area contributed by atoms with Gasteiger partial charge in [-0.2, -0.15) is 0 Å². The number of thiophene rings is 1. The van der Waals surface area contributed by atoms with Gasteiger partial charge < -0.3 is 9.47 Å². The third-order valence-electron chi connectivity index (χ3n) is 14.0. The molecule has 0 spiro atoms. The van der Waals surface area contributed by atoms with Crippen LogP contribution in [0, 0.1) is 0 Å². The molecule has 13 rings (SSSR count). The first-order valence-corrected chi connectivity index (χ1v) is 23.6. The van der Waals surface area contributed by atoms with Crippen molar-refractivity contribution < 1.29 is 0 Å². The highest BCUT2D eigenvalue weighted by Crippen LogP contribution is 2.51. The number of rotatable bonds is 7. The summed E-state index contributed by atoms with van der Waals surface area (Å²) in [6.45, 7) is 4.71. The summed E-state index contributed by atoms with van der Waals surface area (Å²) in [5, 5.41) is 5.13. The summed E-state index contributed by atoms with van der Waals surface area (Å²) in [5.74, 6) is 0. The average Bonchev–Trinajstić information content (AvgIpc) is 3.99. The molecule has 0 fully saturated rings. The summed E-state index contributed by atoms with van der Waals surface area (Å²) in [7, 11) is 0. The van der Waals surface area contributed by atoms with Gasteiger partial charge in [-0.3, -0.25) is 0 Å². The quantitative estimate of drug-likeness (QED) is 0.155. The molecule has 2 aromatic heterocycles. The van der Waals surface area contributed by atoms with Gasteiger partial charge in [0.05, 0.1) is 11.0 Å². The van der Waals surface area contributed by atoms with Crippen LogP contribution in [0.15, 0.2) is 231 Å². The van der Waals surface area contributed by atoms with Crippen LogP contribution < -0.4 is 4.90 Å². The zero-order chi connectivity index (χ0) is 43.9. The second kappa shape index (κ2) is 15.1. The topological polar surface area (TPSA) is 8.17 Å². The highest BCUT2D eigenvalue weighted by atomic mass is 32.1. The van der Waals surface area contributed by atoms with Crippen molar-refractivity contribution in [3.63, 3.8) is 0 Å². The predicted octanol–water partition coefficient (Wildman–Crippen LogP) is 17.9. The van der Waals surface area contributed by atoms with Gasteiger partial charge in [-0.25, -0.2) is 0 Å². The number of para-hydroxylation sites is 1. The lowest BCUT2D eigenvalue weighted by Crippen LogP contribution is -2.16. The Bertz CT molecular complexity index is 3820. The fraction of sp³-hybridized carbons (Fsp3) is 0.0476. The van der Waals surface area contributed by atoms with E-state index in [1.54, 1.807) is 0 Å². The minimum atomic E-state index is -0.107. The van der Waals surface area contributed by atoms with Gasteiger partial charge in [-0.05, 0) is 141 Å². The Morgan fingerprint density at radius 1 is 0.348 bits per heavy atom. The molecule has 0 unspecified atom stereocenters. The van der Waals surface area contributed by atoms with Crippen molar-refractivity contribution in [1.82, 2.24) is 4.57 Å². The zero-order valence-corrected chi connectivity index (χ0v) is 37.6. The lowest BCUT2D eigenvalue weighted by molar-refractivity contribution is 0.660. The number of benzene rings is 10. The van der Waals surface area contributed by atoms with Crippen LogP contribution in [-0.4, -0.2) is 4.57 Å². The van der Waals surface area contributed by atoms with Crippen molar-refractivity contribution in [3.05, 3.63) is 242 Å². The van der Waals surface area contributed by atoms with Gasteiger partial charge in [-0.15, -0.1) is 11.3 Å². The highest BCUT2D eigenvalue weighted by Gasteiger charge is 2.35. The summed E-state index contributed by atoms with van der Waals surface area (Å²) >= 11 is 1.87. The summed E-state index contributed by atoms with van der Waals surface area (Å²) in [5.41, 5.74) is 19.5. The molecule has 0 aliphatic heterocycles. The van der Waals surface area contributed by atoms with E-state index in [0.717, 1.165) is 22.7 Å². The fourth-order valence-corrected chi connectivity index (χ4v) is 11.8. The first kappa shape index (κ1) is 38.5. The molecule has 2 nitrogen and oxygen atoms in total. The molecule has 0 amide bonds. The Morgan fingerprint density at radius 2 is 0.848 bits per heavy atom. The van der Waals surface area contributed by atoms with Gasteiger partial charge in [-0.1, -0.05) is 159 Å². The van der Waals surface area contributed by atoms with Gasteiger partial charge in [0.1, 0.15) is 0 Å². The molecule has 66 heavy (non-hydrogen) atoms. The first-order valence-electron chi connectivity index (χ1n) is 22.8. The van der Waals surface area contributed by atoms with Crippen molar-refractivity contribution in [2.24, 2.45) is 0 Å². The summed E-state index contributed by atoms with van der Waals surface area (Å²) < 4.78 is 5.06. The first-order chi connectivity index (χ1) is 32.5. The normalized spacial score (nSPS) is 12.8. The van der Waals surface area contributed by atoms with E-state index in [9.17, 15) is 0 Å². The van der Waals surface area contributed by atoms with Crippen LogP contribution in [0.1, 0.15) is 25.0 Å². The second-order valence-electron chi connectivity index (χ2n) is 18.1. The standard InChI is InChI=1S/C63H44N2S/c1-63(2)57-19-11-9-17-51(57)52-34-32-50(40-58(52)63)64(48-28-21-42(22-29-48)41-13-5-3-6-14-41)49-30-23-43(24-31-49)44-26-35-59-55(37-44)56-38-45(27-36-60(56)65(59)47-15-7-4-8-16-47)46-25-33-54-53-18-10-12-20-61(53)66-62(54)39-46/h3-40H,1-2H3. The van der Waals surface area contributed by atoms with E-state index < -0.39 is 0 Å². The summed E-state index contributed by atoms with van der Waals surface area (Å²) in [6.07, 6.45) is 0. The van der Waals surface area contributed by atoms with Crippen molar-refractivity contribution in [3.8, 4) is 50.2 Å². The summed E-state index contributed by atoms with van der Waals surface area (Å²) in [6, 6.07) is 85.1. The molecule has 3 heteroatoms. The van der Waals surface area contributed by atoms with E-state index in [1.165, 1.54) is 97.6 Å². The Labute approximate surface area is 388 Å². The highest BCUT2D eigenvalue weighted by molar-refractivity contribution is 7.25. The van der Waals surface area contributed by atoms with Gasteiger partial charge >= 0.3 is 0 Å². The number of fused-ring (bicyclic) bond motifs is 9. The van der Waals surface area contributed by atoms with E-state index in [-0.39, 0.29) is 5.41 Å². The van der Waals surface area contributed by atoms with Crippen molar-refractivity contribution in [1.29, 1.82) is 0 Å². The largest absolute Gasteiger partial charge is 0.310 e. The number of hydrogen-bond acceptors (Lipinski definition) is 2. The Kier molecular flexibility index (Phi) is 8.78. The zero-order valence-electron chi connectivity index (χ0n) is 36.7. The lowest BCUT2D eigenvalue weighted by Gasteiger charge is -2.28. The van der Waals surface area contributed by atoms with E-state index in [1.807, 2.05) is 11.3 Å². The molecule has 2 heterocycles. The number of aromatic nitrogens is 1. The maximum absolute atomic E-state index is 2.42. The van der Waals surface area contributed by atoms with Crippen LogP contribution in [0.2, 0.25) is 0 Å². The van der Waals surface area contributed by atoms with Crippen LogP contribution in [0.25, 0.3) is 92.2 Å². The molecule has 10 aromatic carbocycles. The maximum Gasteiger partial charge on any atom is 0.0541 e. The molecular formula is C63H44N2S. The molecule has 1 aliphatic carbocycles. The molecular weight excluding hydrogens is 817 g/mol. The SMILES string of the molecule is CC1(C)c2ccccc2-c2ccc(N(c3ccc(-c4ccccc4)cc3)c3ccc(-c4ccc5c(c4)c4cc(-c6ccc7c(c6)sc6ccccc67)ccc4n5-c4ccccc4)cc3)cc21. The molecule has 0 atom stereocenters. The molecule has 312 valence electrons. The van der Waals surface area contributed by atoms with E-state index in [2.05, 4.69) is 254 Å². The average molecular weight is 861 g/mol. The van der Waals surface area contributed by atoms with Gasteiger partial charge in [0.25, 0.3) is 0 Å². The van der Waals surface area contributed by atoms with Crippen LogP contribution in [-0.2, 0) is 5.41 Å². The van der Waals surface area contributed by atoms with E-state index in [4.69, 9.17) is 0 Å². The molecule has 0 radical (unpaired) electrons. The van der Waals surface area contributed by atoms with Gasteiger partial charge in [0, 0.05) is 59.1 Å². The van der Waals surface area contributed by atoms with Crippen molar-refractivity contribution >= 4 is 70.4 Å². The molecule has 0 bridgehead atoms. The van der Waals surface area contributed by atoms with Gasteiger partial charge in [0.15, 0.2) is 0 Å². The molecule has 0 saturated heterocycles. The third-order valence-corrected chi connectivity index (χ3v) is 15.1. The van der Waals surface area contributed by atoms with Crippen LogP contribution in [0.3, 0.4) is 0 Å². The number of hydrogen-bond donors (Lipinski definition) is 0. The number of anilines is 3. The predicted molar refractivity (Wildman–Crippen MR) is 282 cm³/mol. The molecule has 1 aliphatic rings. The van der Waals surface area contributed by atoms with E-state index in [0.29, 0.717) is 0 Å². The van der Waals surface area contributed by atoms with Gasteiger partial charge in [0.2, 0.25) is 0 Å². The minimum Gasteiger partial charge on any atom is -0.310 e. The fourth-order valence-electron chi connectivity index (χ4n) is 10.7. The monoisotopic (exact) mass is 860 g/mol. The smallest absolute Gasteiger partial charge is 0.0541 e.